The summed E-state index contributed by atoms with van der Waals surface area (Å²) in [6.07, 6.45) is 0.300. The molecule has 0 aromatic carbocycles. The average molecular weight is 232 g/mol. The van der Waals surface area contributed by atoms with Crippen LogP contribution < -0.4 is 34.9 Å². The van der Waals surface area contributed by atoms with Gasteiger partial charge in [0.15, 0.2) is 10.3 Å². The van der Waals surface area contributed by atoms with E-state index in [-0.39, 0.29) is 42.7 Å². The fourth-order valence-corrected chi connectivity index (χ4v) is 2.29. The molecule has 6 nitrogen and oxygen atoms in total. The first-order chi connectivity index (χ1) is 6.05. The second-order valence-corrected chi connectivity index (χ2v) is 4.26. The van der Waals surface area contributed by atoms with Gasteiger partial charge in [0, 0.05) is 32.3 Å². The molecule has 1 rings (SSSR count). The molecule has 2 N–H and O–H groups in total. The fourth-order valence-electron chi connectivity index (χ4n) is 1.43. The Hall–Kier alpha value is 0.790. The van der Waals surface area contributed by atoms with E-state index in [0.29, 0.717) is 19.5 Å². The molecule has 0 saturated carbocycles. The van der Waals surface area contributed by atoms with E-state index in [4.69, 9.17) is 5.11 Å². The smallest absolute Gasteiger partial charge is 0.735 e. The maximum Gasteiger partial charge on any atom is 1.00 e. The van der Waals surface area contributed by atoms with Crippen LogP contribution in [-0.2, 0) is 10.3 Å². The number of nitrogens with zero attached hydrogens (tertiary/aromatic N) is 1. The minimum atomic E-state index is -4.37. The van der Waals surface area contributed by atoms with E-state index >= 15 is 0 Å². The summed E-state index contributed by atoms with van der Waals surface area (Å²) in [6, 6.07) is -0.402. The van der Waals surface area contributed by atoms with Gasteiger partial charge in [-0.2, -0.15) is 0 Å². The number of nitrogens with one attached hydrogen (secondary N) is 1. The number of piperazine rings is 1. The van der Waals surface area contributed by atoms with Gasteiger partial charge in [0.1, 0.15) is 0 Å². The zero-order chi connectivity index (χ0) is 9.90. The quantitative estimate of drug-likeness (QED) is 0.376. The van der Waals surface area contributed by atoms with Crippen LogP contribution in [0.1, 0.15) is 6.42 Å². The van der Waals surface area contributed by atoms with Crippen molar-refractivity contribution < 1.29 is 47.6 Å². The molecule has 0 radical (unpaired) electrons. The molecule has 14 heavy (non-hydrogen) atoms. The first kappa shape index (κ1) is 14.8. The monoisotopic (exact) mass is 232 g/mol. The zero-order valence-electron chi connectivity index (χ0n) is 8.14. The summed E-state index contributed by atoms with van der Waals surface area (Å²) in [7, 11) is -4.37. The third kappa shape index (κ3) is 4.11. The number of hydrogen-bond acceptors (Lipinski definition) is 5. The van der Waals surface area contributed by atoms with E-state index in [1.54, 1.807) is 0 Å². The summed E-state index contributed by atoms with van der Waals surface area (Å²) in [4.78, 5) is 0. The minimum Gasteiger partial charge on any atom is -0.735 e. The Bertz CT molecular complexity index is 257. The van der Waals surface area contributed by atoms with Crippen molar-refractivity contribution in [3.8, 4) is 0 Å². The predicted octanol–water partition coefficient (Wildman–Crippen LogP) is -4.89. The third-order valence-corrected chi connectivity index (χ3v) is 3.10. The maximum atomic E-state index is 10.7. The molecule has 0 aromatic rings. The maximum absolute atomic E-state index is 10.7. The molecule has 1 aliphatic heterocycles. The minimum absolute atomic E-state index is 0. The normalized spacial score (nSPS) is 24.3. The fraction of sp³-hybridized carbons (Fsp3) is 1.00. The molecule has 0 aliphatic carbocycles. The van der Waals surface area contributed by atoms with E-state index in [9.17, 15) is 13.0 Å². The number of rotatable bonds is 3. The molecular formula is C6H13N2NaO4S. The summed E-state index contributed by atoms with van der Waals surface area (Å²) in [5.41, 5.74) is 0. The van der Waals surface area contributed by atoms with Crippen LogP contribution in [0.25, 0.3) is 0 Å². The summed E-state index contributed by atoms with van der Waals surface area (Å²) in [6.45, 7) is 1.00. The van der Waals surface area contributed by atoms with Gasteiger partial charge in [-0.15, -0.1) is 0 Å². The number of aliphatic hydroxyl groups excluding tert-OH is 1. The summed E-state index contributed by atoms with van der Waals surface area (Å²) >= 11 is 0. The summed E-state index contributed by atoms with van der Waals surface area (Å²) in [5.74, 6) is 0. The Balaban J connectivity index is 0.00000169. The van der Waals surface area contributed by atoms with Gasteiger partial charge in [-0.05, 0) is 6.42 Å². The van der Waals surface area contributed by atoms with Gasteiger partial charge in [0.25, 0.3) is 0 Å². The van der Waals surface area contributed by atoms with Crippen molar-refractivity contribution >= 4 is 10.3 Å². The van der Waals surface area contributed by atoms with Crippen molar-refractivity contribution in [2.75, 3.05) is 26.2 Å². The van der Waals surface area contributed by atoms with Gasteiger partial charge in [0.05, 0.1) is 0 Å². The molecule has 1 aliphatic rings. The van der Waals surface area contributed by atoms with Crippen LogP contribution in [0, 0.1) is 0 Å². The number of hydrogen-bond donors (Lipinski definition) is 2. The Labute approximate surface area is 106 Å². The van der Waals surface area contributed by atoms with E-state index < -0.39 is 16.3 Å². The Morgan fingerprint density at radius 3 is 2.71 bits per heavy atom. The molecule has 0 aromatic heterocycles. The molecule has 0 spiro atoms. The zero-order valence-corrected chi connectivity index (χ0v) is 11.0. The van der Waals surface area contributed by atoms with Crippen LogP contribution in [0.15, 0.2) is 0 Å². The Morgan fingerprint density at radius 1 is 1.57 bits per heavy atom. The predicted molar refractivity (Wildman–Crippen MR) is 44.8 cm³/mol. The molecule has 1 unspecified atom stereocenters. The molecule has 0 amide bonds. The summed E-state index contributed by atoms with van der Waals surface area (Å²) in [5, 5.41) is 11.6. The average Bonchev–Trinajstić information content (AvgIpc) is 2.04. The van der Waals surface area contributed by atoms with Crippen molar-refractivity contribution in [3.05, 3.63) is 0 Å². The molecule has 1 heterocycles. The molecule has 78 valence electrons. The SMILES string of the molecule is O=S(=O)([O-])N1CCNCC1CCO.[Na+]. The van der Waals surface area contributed by atoms with E-state index in [1.807, 2.05) is 0 Å². The first-order valence-corrected chi connectivity index (χ1v) is 5.46. The van der Waals surface area contributed by atoms with E-state index in [0.717, 1.165) is 4.31 Å². The topological polar surface area (TPSA) is 92.7 Å². The second-order valence-electron chi connectivity index (χ2n) is 2.94. The van der Waals surface area contributed by atoms with Crippen molar-refractivity contribution in [1.29, 1.82) is 0 Å². The van der Waals surface area contributed by atoms with Gasteiger partial charge in [-0.3, -0.25) is 0 Å². The van der Waals surface area contributed by atoms with Crippen LogP contribution in [0.5, 0.6) is 0 Å². The van der Waals surface area contributed by atoms with Crippen molar-refractivity contribution in [2.45, 2.75) is 12.5 Å². The third-order valence-electron chi connectivity index (χ3n) is 2.05. The largest absolute Gasteiger partial charge is 1.00 e. The standard InChI is InChI=1S/C6H14N2O4S.Na/c9-4-1-6-5-7-2-3-8(6)13(10,11)12;/h6-7,9H,1-5H2,(H,10,11,12);/q;+1/p-1. The Morgan fingerprint density at radius 2 is 2.21 bits per heavy atom. The van der Waals surface area contributed by atoms with Crippen LogP contribution in [0.3, 0.4) is 0 Å². The van der Waals surface area contributed by atoms with Gasteiger partial charge in [0.2, 0.25) is 0 Å². The molecule has 0 bridgehead atoms. The first-order valence-electron chi connectivity index (χ1n) is 4.10. The van der Waals surface area contributed by atoms with Crippen molar-refractivity contribution in [3.63, 3.8) is 0 Å². The van der Waals surface area contributed by atoms with Gasteiger partial charge in [-0.25, -0.2) is 12.7 Å². The van der Waals surface area contributed by atoms with Crippen molar-refractivity contribution in [1.82, 2.24) is 9.62 Å². The van der Waals surface area contributed by atoms with Crippen LogP contribution >= 0.6 is 0 Å². The van der Waals surface area contributed by atoms with Gasteiger partial charge < -0.3 is 15.0 Å². The molecule has 1 atom stereocenters. The van der Waals surface area contributed by atoms with E-state index in [1.165, 1.54) is 0 Å². The van der Waals surface area contributed by atoms with Crippen LogP contribution in [-0.4, -0.2) is 54.7 Å². The van der Waals surface area contributed by atoms with E-state index in [2.05, 4.69) is 5.32 Å². The second kappa shape index (κ2) is 6.39. The van der Waals surface area contributed by atoms with Crippen LogP contribution in [0.2, 0.25) is 0 Å². The number of aliphatic hydroxyl groups is 1. The summed E-state index contributed by atoms with van der Waals surface area (Å²) < 4.78 is 33.1. The molecule has 8 heteroatoms. The Kier molecular flexibility index (Phi) is 6.75. The van der Waals surface area contributed by atoms with Crippen LogP contribution in [0.4, 0.5) is 0 Å². The molecule has 1 saturated heterocycles. The van der Waals surface area contributed by atoms with Gasteiger partial charge in [-0.1, -0.05) is 0 Å². The van der Waals surface area contributed by atoms with Crippen molar-refractivity contribution in [2.24, 2.45) is 0 Å². The molecule has 1 fully saturated rings. The van der Waals surface area contributed by atoms with Gasteiger partial charge >= 0.3 is 29.6 Å². The molecular weight excluding hydrogens is 219 g/mol.